The van der Waals surface area contributed by atoms with Gasteiger partial charge in [0.2, 0.25) is 0 Å². The number of carbonyl (C=O) groups is 1. The highest BCUT2D eigenvalue weighted by atomic mass is 79.9. The van der Waals surface area contributed by atoms with Crippen LogP contribution in [0.25, 0.3) is 5.69 Å². The van der Waals surface area contributed by atoms with E-state index in [0.717, 1.165) is 40.8 Å². The van der Waals surface area contributed by atoms with E-state index in [4.69, 9.17) is 11.6 Å². The molecule has 0 N–H and O–H groups in total. The number of aryl methyl sites for hydroxylation is 1. The van der Waals surface area contributed by atoms with Gasteiger partial charge in [0, 0.05) is 29.0 Å². The molecular weight excluding hydrogens is 402 g/mol. The quantitative estimate of drug-likeness (QED) is 0.597. The first-order valence-electron chi connectivity index (χ1n) is 8.03. The van der Waals surface area contributed by atoms with Gasteiger partial charge in [0.25, 0.3) is 5.91 Å². The van der Waals surface area contributed by atoms with Gasteiger partial charge in [0.15, 0.2) is 0 Å². The Morgan fingerprint density at radius 3 is 2.68 bits per heavy atom. The number of fused-ring (bicyclic) bond motifs is 1. The summed E-state index contributed by atoms with van der Waals surface area (Å²) in [7, 11) is 0. The molecule has 2 aromatic carbocycles. The minimum atomic E-state index is 0.0106. The molecule has 0 saturated carbocycles. The summed E-state index contributed by atoms with van der Waals surface area (Å²) in [6.07, 6.45) is 5.50. The lowest BCUT2D eigenvalue weighted by Crippen LogP contribution is -2.35. The van der Waals surface area contributed by atoms with Crippen molar-refractivity contribution in [3.63, 3.8) is 0 Å². The number of anilines is 1. The predicted molar refractivity (Wildman–Crippen MR) is 103 cm³/mol. The van der Waals surface area contributed by atoms with Crippen LogP contribution in [0.2, 0.25) is 5.02 Å². The number of carbonyl (C=O) groups excluding carboxylic acids is 1. The standard InChI is InChI=1S/C19H15BrClN3O/c20-15-11-22-24(12-15)17-6-3-13(4-7-17)19(25)23-9-1-2-14-10-16(21)5-8-18(14)23/h3-8,10-12H,1-2,9H2. The lowest BCUT2D eigenvalue weighted by Gasteiger charge is -2.29. The fraction of sp³-hybridized carbons (Fsp3) is 0.158. The first kappa shape index (κ1) is 16.4. The van der Waals surface area contributed by atoms with Crippen molar-refractivity contribution in [2.75, 3.05) is 11.4 Å². The Morgan fingerprint density at radius 2 is 1.96 bits per heavy atom. The van der Waals surface area contributed by atoms with Gasteiger partial charge in [0.05, 0.1) is 16.4 Å². The lowest BCUT2D eigenvalue weighted by atomic mass is 10.0. The summed E-state index contributed by atoms with van der Waals surface area (Å²) >= 11 is 9.47. The number of aromatic nitrogens is 2. The second-order valence-corrected chi connectivity index (χ2v) is 7.34. The van der Waals surface area contributed by atoms with E-state index in [1.54, 1.807) is 10.9 Å². The molecule has 6 heteroatoms. The molecule has 1 aromatic heterocycles. The van der Waals surface area contributed by atoms with Crippen molar-refractivity contribution in [2.45, 2.75) is 12.8 Å². The molecule has 4 rings (SSSR count). The summed E-state index contributed by atoms with van der Waals surface area (Å²) in [6.45, 7) is 0.724. The first-order chi connectivity index (χ1) is 12.1. The molecule has 1 aliphatic heterocycles. The van der Waals surface area contributed by atoms with Crippen LogP contribution in [0, 0.1) is 0 Å². The van der Waals surface area contributed by atoms with Crippen LogP contribution in [0.1, 0.15) is 22.3 Å². The van der Waals surface area contributed by atoms with Gasteiger partial charge in [-0.3, -0.25) is 4.79 Å². The maximum atomic E-state index is 13.0. The Labute approximate surface area is 159 Å². The number of benzene rings is 2. The smallest absolute Gasteiger partial charge is 0.258 e. The van der Waals surface area contributed by atoms with Crippen molar-refractivity contribution in [3.05, 3.63) is 75.5 Å². The zero-order valence-electron chi connectivity index (χ0n) is 13.3. The van der Waals surface area contributed by atoms with Gasteiger partial charge >= 0.3 is 0 Å². The molecule has 126 valence electrons. The van der Waals surface area contributed by atoms with Crippen LogP contribution >= 0.6 is 27.5 Å². The number of nitrogens with zero attached hydrogens (tertiary/aromatic N) is 3. The molecule has 4 nitrogen and oxygen atoms in total. The first-order valence-corrected chi connectivity index (χ1v) is 9.20. The van der Waals surface area contributed by atoms with Crippen LogP contribution in [-0.4, -0.2) is 22.2 Å². The molecule has 0 saturated heterocycles. The Bertz CT molecular complexity index is 936. The van der Waals surface area contributed by atoms with Gasteiger partial charge in [-0.2, -0.15) is 5.10 Å². The van der Waals surface area contributed by atoms with Crippen molar-refractivity contribution in [3.8, 4) is 5.69 Å². The van der Waals surface area contributed by atoms with Crippen molar-refractivity contribution in [1.82, 2.24) is 9.78 Å². The Hall–Kier alpha value is -2.11. The van der Waals surface area contributed by atoms with E-state index in [-0.39, 0.29) is 5.91 Å². The number of hydrogen-bond donors (Lipinski definition) is 0. The van der Waals surface area contributed by atoms with E-state index < -0.39 is 0 Å². The summed E-state index contributed by atoms with van der Waals surface area (Å²) in [5.74, 6) is 0.0106. The van der Waals surface area contributed by atoms with Gasteiger partial charge < -0.3 is 4.90 Å². The summed E-state index contributed by atoms with van der Waals surface area (Å²) in [6, 6.07) is 13.2. The highest BCUT2D eigenvalue weighted by molar-refractivity contribution is 9.10. The molecule has 25 heavy (non-hydrogen) atoms. The summed E-state index contributed by atoms with van der Waals surface area (Å²) in [5.41, 5.74) is 3.66. The second kappa shape index (κ2) is 6.65. The van der Waals surface area contributed by atoms with Crippen molar-refractivity contribution < 1.29 is 4.79 Å². The highest BCUT2D eigenvalue weighted by Crippen LogP contribution is 2.30. The van der Waals surface area contributed by atoms with Crippen LogP contribution in [0.5, 0.6) is 0 Å². The molecule has 0 fully saturated rings. The Morgan fingerprint density at radius 1 is 1.16 bits per heavy atom. The van der Waals surface area contributed by atoms with Gasteiger partial charge in [-0.15, -0.1) is 0 Å². The fourth-order valence-electron chi connectivity index (χ4n) is 3.13. The molecule has 0 radical (unpaired) electrons. The van der Waals surface area contributed by atoms with Crippen molar-refractivity contribution in [2.24, 2.45) is 0 Å². The van der Waals surface area contributed by atoms with E-state index >= 15 is 0 Å². The van der Waals surface area contributed by atoms with Crippen molar-refractivity contribution >= 4 is 39.1 Å². The minimum absolute atomic E-state index is 0.0106. The molecule has 1 aliphatic rings. The molecule has 1 amide bonds. The van der Waals surface area contributed by atoms with Gasteiger partial charge in [-0.05, 0) is 76.8 Å². The normalized spacial score (nSPS) is 13.6. The number of rotatable bonds is 2. The Kier molecular flexibility index (Phi) is 4.36. The van der Waals surface area contributed by atoms with E-state index in [2.05, 4.69) is 21.0 Å². The van der Waals surface area contributed by atoms with Crippen LogP contribution in [0.3, 0.4) is 0 Å². The number of amides is 1. The highest BCUT2D eigenvalue weighted by Gasteiger charge is 2.23. The number of halogens is 2. The maximum absolute atomic E-state index is 13.0. The SMILES string of the molecule is O=C(c1ccc(-n2cc(Br)cn2)cc1)N1CCCc2cc(Cl)ccc21. The van der Waals surface area contributed by atoms with Gasteiger partial charge in [0.1, 0.15) is 0 Å². The third-order valence-corrected chi connectivity index (χ3v) is 4.98. The van der Waals surface area contributed by atoms with Crippen LogP contribution in [0.4, 0.5) is 5.69 Å². The monoisotopic (exact) mass is 415 g/mol. The van der Waals surface area contributed by atoms with E-state index in [9.17, 15) is 4.79 Å². The summed E-state index contributed by atoms with van der Waals surface area (Å²) < 4.78 is 2.67. The second-order valence-electron chi connectivity index (χ2n) is 5.98. The minimum Gasteiger partial charge on any atom is -0.308 e. The van der Waals surface area contributed by atoms with Gasteiger partial charge in [-0.1, -0.05) is 11.6 Å². The largest absolute Gasteiger partial charge is 0.308 e. The maximum Gasteiger partial charge on any atom is 0.258 e. The molecule has 3 aromatic rings. The zero-order valence-corrected chi connectivity index (χ0v) is 15.7. The Balaban J connectivity index is 1.62. The summed E-state index contributed by atoms with van der Waals surface area (Å²) in [5, 5.41) is 4.96. The third kappa shape index (κ3) is 3.22. The van der Waals surface area contributed by atoms with E-state index in [1.807, 2.05) is 53.6 Å². The molecular formula is C19H15BrClN3O. The average Bonchev–Trinajstić information content (AvgIpc) is 3.07. The van der Waals surface area contributed by atoms with Crippen LogP contribution < -0.4 is 4.90 Å². The molecule has 0 bridgehead atoms. The predicted octanol–water partition coefficient (Wildman–Crippen LogP) is 4.88. The van der Waals surface area contributed by atoms with E-state index in [0.29, 0.717) is 10.6 Å². The fourth-order valence-corrected chi connectivity index (χ4v) is 3.61. The lowest BCUT2D eigenvalue weighted by molar-refractivity contribution is 0.0985. The van der Waals surface area contributed by atoms with Crippen LogP contribution in [-0.2, 0) is 6.42 Å². The molecule has 0 atom stereocenters. The zero-order chi connectivity index (χ0) is 17.4. The summed E-state index contributed by atoms with van der Waals surface area (Å²) in [4.78, 5) is 14.8. The van der Waals surface area contributed by atoms with Crippen LogP contribution in [0.15, 0.2) is 59.3 Å². The van der Waals surface area contributed by atoms with Crippen molar-refractivity contribution in [1.29, 1.82) is 0 Å². The average molecular weight is 417 g/mol. The molecule has 0 spiro atoms. The van der Waals surface area contributed by atoms with E-state index in [1.165, 1.54) is 0 Å². The topological polar surface area (TPSA) is 38.1 Å². The molecule has 0 unspecified atom stereocenters. The van der Waals surface area contributed by atoms with Gasteiger partial charge in [-0.25, -0.2) is 4.68 Å². The molecule has 2 heterocycles. The molecule has 0 aliphatic carbocycles. The number of hydrogen-bond acceptors (Lipinski definition) is 2. The third-order valence-electron chi connectivity index (χ3n) is 4.34.